The topological polar surface area (TPSA) is 61.9 Å². The molecule has 2 heterocycles. The first kappa shape index (κ1) is 18.3. The number of nitrogens with one attached hydrogen (secondary N) is 1. The Morgan fingerprint density at radius 1 is 1.23 bits per heavy atom. The fraction of sp³-hybridized carbons (Fsp3) is 0.368. The third-order valence-corrected chi connectivity index (χ3v) is 5.51. The van der Waals surface area contributed by atoms with E-state index in [1.165, 1.54) is 4.88 Å². The number of aryl methyl sites for hydroxylation is 1. The number of thiophene rings is 1. The van der Waals surface area contributed by atoms with Gasteiger partial charge in [-0.2, -0.15) is 0 Å². The second-order valence-electron chi connectivity index (χ2n) is 6.23. The average Bonchev–Trinajstić information content (AvgIpc) is 3.07. The Hall–Kier alpha value is -2.54. The van der Waals surface area contributed by atoms with E-state index in [1.54, 1.807) is 35.2 Å². The first-order valence-electron chi connectivity index (χ1n) is 8.55. The van der Waals surface area contributed by atoms with Crippen LogP contribution in [0.2, 0.25) is 0 Å². The highest BCUT2D eigenvalue weighted by Crippen LogP contribution is 2.23. The van der Waals surface area contributed by atoms with Gasteiger partial charge in [-0.1, -0.05) is 0 Å². The van der Waals surface area contributed by atoms with Crippen molar-refractivity contribution in [2.45, 2.75) is 26.4 Å². The Balaban J connectivity index is 1.62. The van der Waals surface area contributed by atoms with E-state index in [1.807, 2.05) is 43.3 Å². The number of rotatable bonds is 4. The normalized spacial score (nSPS) is 17.3. The molecule has 0 unspecified atom stereocenters. The minimum absolute atomic E-state index is 0.0801. The molecule has 0 radical (unpaired) electrons. The summed E-state index contributed by atoms with van der Waals surface area (Å²) in [5.74, 6) is 0.666. The van der Waals surface area contributed by atoms with Crippen LogP contribution in [0.3, 0.4) is 0 Å². The first-order chi connectivity index (χ1) is 12.5. The molecule has 1 atom stereocenters. The highest BCUT2D eigenvalue weighted by molar-refractivity contribution is 7.11. The minimum atomic E-state index is -0.504. The average molecular weight is 373 g/mol. The van der Waals surface area contributed by atoms with Crippen LogP contribution in [0.25, 0.3) is 0 Å². The van der Waals surface area contributed by atoms with Gasteiger partial charge in [0.2, 0.25) is 5.91 Å². The van der Waals surface area contributed by atoms with Gasteiger partial charge in [-0.15, -0.1) is 11.3 Å². The summed E-state index contributed by atoms with van der Waals surface area (Å²) < 4.78 is 5.15. The molecule has 6 nitrogen and oxygen atoms in total. The molecule has 0 spiro atoms. The molecule has 1 fully saturated rings. The number of carbonyl (C=O) groups excluding carboxylic acids is 2. The lowest BCUT2D eigenvalue weighted by Gasteiger charge is -2.39. The number of hydrogen-bond donors (Lipinski definition) is 1. The maximum Gasteiger partial charge on any atom is 0.318 e. The Labute approximate surface area is 157 Å². The van der Waals surface area contributed by atoms with Crippen LogP contribution in [0.5, 0.6) is 5.75 Å². The fourth-order valence-electron chi connectivity index (χ4n) is 3.01. The molecule has 1 aromatic carbocycles. The van der Waals surface area contributed by atoms with Gasteiger partial charge in [0, 0.05) is 28.5 Å². The van der Waals surface area contributed by atoms with Crippen LogP contribution in [0.15, 0.2) is 36.4 Å². The summed E-state index contributed by atoms with van der Waals surface area (Å²) in [7, 11) is 1.61. The lowest BCUT2D eigenvalue weighted by Crippen LogP contribution is -2.59. The van der Waals surface area contributed by atoms with Crippen LogP contribution in [-0.4, -0.2) is 43.1 Å². The highest BCUT2D eigenvalue weighted by atomic mass is 32.1. The molecule has 2 aromatic rings. The Bertz CT molecular complexity index is 788. The summed E-state index contributed by atoms with van der Waals surface area (Å²) in [6.45, 7) is 5.26. The largest absolute Gasteiger partial charge is 0.497 e. The van der Waals surface area contributed by atoms with Crippen molar-refractivity contribution in [3.63, 3.8) is 0 Å². The summed E-state index contributed by atoms with van der Waals surface area (Å²) in [6, 6.07) is 10.7. The lowest BCUT2D eigenvalue weighted by atomic mass is 10.1. The number of carbonyl (C=O) groups is 2. The SMILES string of the molecule is COc1ccc(N2CCN(C(=O)NCc3ccc(C)s3)[C@H](C)C2=O)cc1. The molecule has 138 valence electrons. The molecule has 0 saturated carbocycles. The zero-order valence-electron chi connectivity index (χ0n) is 15.2. The number of anilines is 1. The zero-order valence-corrected chi connectivity index (χ0v) is 16.0. The van der Waals surface area contributed by atoms with E-state index >= 15 is 0 Å². The summed E-state index contributed by atoms with van der Waals surface area (Å²) in [4.78, 5) is 30.9. The van der Waals surface area contributed by atoms with E-state index in [-0.39, 0.29) is 11.9 Å². The van der Waals surface area contributed by atoms with Crippen molar-refractivity contribution in [2.24, 2.45) is 0 Å². The van der Waals surface area contributed by atoms with Crippen LogP contribution in [0, 0.1) is 6.92 Å². The van der Waals surface area contributed by atoms with E-state index in [9.17, 15) is 9.59 Å². The highest BCUT2D eigenvalue weighted by Gasteiger charge is 2.34. The van der Waals surface area contributed by atoms with Crippen molar-refractivity contribution in [1.82, 2.24) is 10.2 Å². The summed E-state index contributed by atoms with van der Waals surface area (Å²) >= 11 is 1.66. The van der Waals surface area contributed by atoms with Crippen LogP contribution in [0.1, 0.15) is 16.7 Å². The summed E-state index contributed by atoms with van der Waals surface area (Å²) in [5, 5.41) is 2.91. The first-order valence-corrected chi connectivity index (χ1v) is 9.36. The molecule has 7 heteroatoms. The third kappa shape index (κ3) is 3.83. The predicted molar refractivity (Wildman–Crippen MR) is 103 cm³/mol. The number of urea groups is 1. The molecule has 26 heavy (non-hydrogen) atoms. The van der Waals surface area contributed by atoms with Gasteiger partial charge in [0.25, 0.3) is 0 Å². The number of ether oxygens (including phenoxy) is 1. The number of nitrogens with zero attached hydrogens (tertiary/aromatic N) is 2. The van der Waals surface area contributed by atoms with Gasteiger partial charge >= 0.3 is 6.03 Å². The van der Waals surface area contributed by atoms with Crippen molar-refractivity contribution in [3.05, 3.63) is 46.2 Å². The molecule has 1 aromatic heterocycles. The predicted octanol–water partition coefficient (Wildman–Crippen LogP) is 3.01. The van der Waals surface area contributed by atoms with Gasteiger partial charge in [-0.25, -0.2) is 4.79 Å². The van der Waals surface area contributed by atoms with Crippen LogP contribution in [-0.2, 0) is 11.3 Å². The summed E-state index contributed by atoms with van der Waals surface area (Å²) in [5.41, 5.74) is 0.816. The minimum Gasteiger partial charge on any atom is -0.497 e. The van der Waals surface area contributed by atoms with Gasteiger partial charge < -0.3 is 19.9 Å². The van der Waals surface area contributed by atoms with Gasteiger partial charge in [0.05, 0.1) is 13.7 Å². The molecule has 0 bridgehead atoms. The van der Waals surface area contributed by atoms with Crippen molar-refractivity contribution < 1.29 is 14.3 Å². The molecule has 0 aliphatic carbocycles. The van der Waals surface area contributed by atoms with Crippen molar-refractivity contribution >= 4 is 29.0 Å². The van der Waals surface area contributed by atoms with Gasteiger partial charge in [0.15, 0.2) is 0 Å². The molecule has 1 saturated heterocycles. The monoisotopic (exact) mass is 373 g/mol. The number of piperazine rings is 1. The smallest absolute Gasteiger partial charge is 0.318 e. The Morgan fingerprint density at radius 3 is 2.58 bits per heavy atom. The standard InChI is InChI=1S/C19H23N3O3S/c1-13-4-9-17(26-13)12-20-19(24)21-10-11-22(18(23)14(21)2)15-5-7-16(25-3)8-6-15/h4-9,14H,10-12H2,1-3H3,(H,20,24)/t14-/m1/s1. The fourth-order valence-corrected chi connectivity index (χ4v) is 3.84. The van der Waals surface area contributed by atoms with E-state index in [0.29, 0.717) is 19.6 Å². The number of amides is 3. The second-order valence-corrected chi connectivity index (χ2v) is 7.60. The van der Waals surface area contributed by atoms with E-state index < -0.39 is 6.04 Å². The number of hydrogen-bond acceptors (Lipinski definition) is 4. The molecule has 1 aliphatic rings. The Morgan fingerprint density at radius 2 is 1.96 bits per heavy atom. The maximum absolute atomic E-state index is 12.7. The molecule has 1 N–H and O–H groups in total. The number of benzene rings is 1. The van der Waals surface area contributed by atoms with Gasteiger partial charge in [0.1, 0.15) is 11.8 Å². The van der Waals surface area contributed by atoms with Gasteiger partial charge in [-0.05, 0) is 50.2 Å². The van der Waals surface area contributed by atoms with Crippen molar-refractivity contribution in [3.8, 4) is 5.75 Å². The third-order valence-electron chi connectivity index (χ3n) is 4.51. The van der Waals surface area contributed by atoms with Crippen molar-refractivity contribution in [2.75, 3.05) is 25.1 Å². The molecular formula is C19H23N3O3S. The van der Waals surface area contributed by atoms with Crippen molar-refractivity contribution in [1.29, 1.82) is 0 Å². The van der Waals surface area contributed by atoms with E-state index in [4.69, 9.17) is 4.74 Å². The van der Waals surface area contributed by atoms with Gasteiger partial charge in [-0.3, -0.25) is 4.79 Å². The van der Waals surface area contributed by atoms with E-state index in [2.05, 4.69) is 5.32 Å². The molecule has 1 aliphatic heterocycles. The molecule has 3 amide bonds. The second kappa shape index (κ2) is 7.78. The van der Waals surface area contributed by atoms with Crippen LogP contribution >= 0.6 is 11.3 Å². The van der Waals surface area contributed by atoms with Crippen LogP contribution < -0.4 is 15.0 Å². The molecular weight excluding hydrogens is 350 g/mol. The Kier molecular flexibility index (Phi) is 5.46. The summed E-state index contributed by atoms with van der Waals surface area (Å²) in [6.07, 6.45) is 0. The van der Waals surface area contributed by atoms with E-state index in [0.717, 1.165) is 16.3 Å². The quantitative estimate of drug-likeness (QED) is 0.896. The maximum atomic E-state index is 12.7. The molecule has 3 rings (SSSR count). The van der Waals surface area contributed by atoms with Crippen LogP contribution in [0.4, 0.5) is 10.5 Å². The number of methoxy groups -OCH3 is 1. The zero-order chi connectivity index (χ0) is 18.7. The lowest BCUT2D eigenvalue weighted by molar-refractivity contribution is -0.124.